The Morgan fingerprint density at radius 2 is 1.89 bits per heavy atom. The fraction of sp³-hybridized carbons (Fsp3) is 0.571. The first-order valence-corrected chi connectivity index (χ1v) is 9.88. The van der Waals surface area contributed by atoms with Crippen LogP contribution in [-0.4, -0.2) is 48.2 Å². The van der Waals surface area contributed by atoms with Crippen molar-refractivity contribution in [3.63, 3.8) is 0 Å². The maximum absolute atomic E-state index is 12.6. The lowest BCUT2D eigenvalue weighted by molar-refractivity contribution is -0.0497. The van der Waals surface area contributed by atoms with Crippen molar-refractivity contribution in [2.75, 3.05) is 24.5 Å². The van der Waals surface area contributed by atoms with Gasteiger partial charge in [0.05, 0.1) is 5.52 Å². The van der Waals surface area contributed by atoms with Gasteiger partial charge in [0.25, 0.3) is 0 Å². The molecule has 4 nitrogen and oxygen atoms in total. The van der Waals surface area contributed by atoms with Crippen LogP contribution in [0.4, 0.5) is 14.5 Å². The number of piperidine rings is 1. The van der Waals surface area contributed by atoms with E-state index in [-0.39, 0.29) is 5.75 Å². The number of benzene rings is 1. The molecule has 1 aromatic carbocycles. The largest absolute Gasteiger partial charge is 0.435 e. The van der Waals surface area contributed by atoms with Gasteiger partial charge in [0.1, 0.15) is 5.75 Å². The van der Waals surface area contributed by atoms with Gasteiger partial charge >= 0.3 is 6.61 Å². The molecule has 2 saturated heterocycles. The molecular weight excluding hydrogens is 348 g/mol. The summed E-state index contributed by atoms with van der Waals surface area (Å²) in [5.41, 5.74) is 2.84. The molecule has 1 aromatic heterocycles. The predicted octanol–water partition coefficient (Wildman–Crippen LogP) is 4.60. The number of nitrogens with zero attached hydrogens (tertiary/aromatic N) is 3. The third-order valence-electron chi connectivity index (χ3n) is 5.99. The molecule has 0 bridgehead atoms. The Kier molecular flexibility index (Phi) is 5.17. The summed E-state index contributed by atoms with van der Waals surface area (Å²) in [5, 5.41) is 0.881. The second-order valence-electron chi connectivity index (χ2n) is 7.79. The summed E-state index contributed by atoms with van der Waals surface area (Å²) in [7, 11) is 0. The number of aryl methyl sites for hydroxylation is 1. The van der Waals surface area contributed by atoms with Crippen molar-refractivity contribution < 1.29 is 13.5 Å². The molecule has 0 aliphatic carbocycles. The van der Waals surface area contributed by atoms with Crippen molar-refractivity contribution in [2.45, 2.75) is 58.2 Å². The second-order valence-corrected chi connectivity index (χ2v) is 7.79. The number of fused-ring (bicyclic) bond motifs is 1. The summed E-state index contributed by atoms with van der Waals surface area (Å²) in [5.74, 6) is 0.185. The average molecular weight is 375 g/mol. The minimum absolute atomic E-state index is 0.185. The Morgan fingerprint density at radius 1 is 1.11 bits per heavy atom. The van der Waals surface area contributed by atoms with Gasteiger partial charge in [0.15, 0.2) is 0 Å². The highest BCUT2D eigenvalue weighted by atomic mass is 19.3. The molecule has 6 heteroatoms. The summed E-state index contributed by atoms with van der Waals surface area (Å²) >= 11 is 0. The first-order chi connectivity index (χ1) is 13.0. The second kappa shape index (κ2) is 7.58. The van der Waals surface area contributed by atoms with E-state index in [2.05, 4.69) is 32.5 Å². The van der Waals surface area contributed by atoms with Gasteiger partial charge in [-0.25, -0.2) is 0 Å². The Bertz CT molecular complexity index is 805. The minimum atomic E-state index is -2.82. The monoisotopic (exact) mass is 375 g/mol. The number of aromatic nitrogens is 1. The Hall–Kier alpha value is -1.95. The number of hydrogen-bond donors (Lipinski definition) is 0. The van der Waals surface area contributed by atoms with Crippen molar-refractivity contribution >= 4 is 16.6 Å². The summed E-state index contributed by atoms with van der Waals surface area (Å²) in [6.07, 6.45) is 4.89. The number of pyridine rings is 1. The van der Waals surface area contributed by atoms with Crippen molar-refractivity contribution in [1.82, 2.24) is 9.88 Å². The van der Waals surface area contributed by atoms with Crippen LogP contribution in [0.1, 0.15) is 38.3 Å². The molecule has 0 spiro atoms. The van der Waals surface area contributed by atoms with Crippen molar-refractivity contribution in [2.24, 2.45) is 0 Å². The quantitative estimate of drug-likeness (QED) is 0.781. The molecule has 2 aromatic rings. The highest BCUT2D eigenvalue weighted by Crippen LogP contribution is 2.33. The average Bonchev–Trinajstić information content (AvgIpc) is 3.07. The summed E-state index contributed by atoms with van der Waals surface area (Å²) in [4.78, 5) is 9.61. The number of rotatable bonds is 4. The smallest absolute Gasteiger partial charge is 0.387 e. The molecule has 0 N–H and O–H groups in total. The lowest BCUT2D eigenvalue weighted by atomic mass is 10.0. The Morgan fingerprint density at radius 3 is 2.56 bits per heavy atom. The van der Waals surface area contributed by atoms with E-state index in [9.17, 15) is 8.78 Å². The zero-order chi connectivity index (χ0) is 19.0. The van der Waals surface area contributed by atoms with Crippen LogP contribution >= 0.6 is 0 Å². The van der Waals surface area contributed by atoms with E-state index in [4.69, 9.17) is 0 Å². The SMILES string of the molecule is Cc1cc(N2CCC(N3CCCC3C)CC2)c2cc(OC(F)F)ccc2n1. The van der Waals surface area contributed by atoms with Gasteiger partial charge in [-0.3, -0.25) is 9.88 Å². The van der Waals surface area contributed by atoms with Crippen LogP contribution < -0.4 is 9.64 Å². The van der Waals surface area contributed by atoms with Crippen LogP contribution in [0.2, 0.25) is 0 Å². The number of alkyl halides is 2. The Labute approximate surface area is 159 Å². The standard InChI is InChI=1S/C21H27F2N3O/c1-14-12-20(18-13-17(27-21(22)23)5-6-19(18)24-14)25-10-7-16(8-11-25)26-9-3-4-15(26)2/h5-6,12-13,15-16,21H,3-4,7-11H2,1-2H3. The van der Waals surface area contributed by atoms with Gasteiger partial charge in [-0.1, -0.05) is 0 Å². The van der Waals surface area contributed by atoms with Crippen LogP contribution in [0.5, 0.6) is 5.75 Å². The molecule has 0 radical (unpaired) electrons. The molecule has 0 saturated carbocycles. The number of likely N-dealkylation sites (tertiary alicyclic amines) is 1. The number of anilines is 1. The van der Waals surface area contributed by atoms with Crippen molar-refractivity contribution in [3.8, 4) is 5.75 Å². The van der Waals surface area contributed by atoms with Gasteiger partial charge in [-0.2, -0.15) is 8.78 Å². The molecular formula is C21H27F2N3O. The summed E-state index contributed by atoms with van der Waals surface area (Å²) in [6.45, 7) is 4.67. The lowest BCUT2D eigenvalue weighted by Crippen LogP contribution is -2.46. The van der Waals surface area contributed by atoms with Gasteiger partial charge in [-0.15, -0.1) is 0 Å². The van der Waals surface area contributed by atoms with Gasteiger partial charge in [0.2, 0.25) is 0 Å². The van der Waals surface area contributed by atoms with Crippen LogP contribution in [0.25, 0.3) is 10.9 Å². The first kappa shape index (κ1) is 18.4. The van der Waals surface area contributed by atoms with E-state index in [0.29, 0.717) is 12.1 Å². The van der Waals surface area contributed by atoms with E-state index in [1.165, 1.54) is 19.4 Å². The maximum Gasteiger partial charge on any atom is 0.387 e. The fourth-order valence-electron chi connectivity index (χ4n) is 4.69. The zero-order valence-corrected chi connectivity index (χ0v) is 16.0. The molecule has 2 fully saturated rings. The minimum Gasteiger partial charge on any atom is -0.435 e. The molecule has 3 heterocycles. The molecule has 4 rings (SSSR count). The van der Waals surface area contributed by atoms with E-state index >= 15 is 0 Å². The fourth-order valence-corrected chi connectivity index (χ4v) is 4.69. The summed E-state index contributed by atoms with van der Waals surface area (Å²) in [6, 6.07) is 8.43. The van der Waals surface area contributed by atoms with Gasteiger partial charge in [-0.05, 0) is 70.3 Å². The first-order valence-electron chi connectivity index (χ1n) is 9.88. The molecule has 1 unspecified atom stereocenters. The van der Waals surface area contributed by atoms with E-state index in [1.54, 1.807) is 18.2 Å². The third kappa shape index (κ3) is 3.86. The van der Waals surface area contributed by atoms with Crippen LogP contribution in [0.3, 0.4) is 0 Å². The molecule has 2 aliphatic rings. The van der Waals surface area contributed by atoms with E-state index in [0.717, 1.165) is 48.2 Å². The molecule has 1 atom stereocenters. The molecule has 0 amide bonds. The van der Waals surface area contributed by atoms with E-state index in [1.807, 2.05) is 6.92 Å². The molecule has 2 aliphatic heterocycles. The van der Waals surface area contributed by atoms with E-state index < -0.39 is 6.61 Å². The highest BCUT2D eigenvalue weighted by molar-refractivity contribution is 5.93. The molecule has 27 heavy (non-hydrogen) atoms. The predicted molar refractivity (Wildman–Crippen MR) is 104 cm³/mol. The maximum atomic E-state index is 12.6. The van der Waals surface area contributed by atoms with Crippen LogP contribution in [0.15, 0.2) is 24.3 Å². The van der Waals surface area contributed by atoms with Gasteiger partial charge < -0.3 is 9.64 Å². The van der Waals surface area contributed by atoms with Crippen molar-refractivity contribution in [3.05, 3.63) is 30.0 Å². The van der Waals surface area contributed by atoms with Gasteiger partial charge in [0, 0.05) is 41.9 Å². The van der Waals surface area contributed by atoms with Crippen LogP contribution in [-0.2, 0) is 0 Å². The summed E-state index contributed by atoms with van der Waals surface area (Å²) < 4.78 is 29.8. The van der Waals surface area contributed by atoms with Crippen molar-refractivity contribution in [1.29, 1.82) is 0 Å². The Balaban J connectivity index is 1.57. The number of halogens is 2. The lowest BCUT2D eigenvalue weighted by Gasteiger charge is -2.40. The van der Waals surface area contributed by atoms with Crippen LogP contribution in [0, 0.1) is 6.92 Å². The zero-order valence-electron chi connectivity index (χ0n) is 16.0. The topological polar surface area (TPSA) is 28.6 Å². The number of ether oxygens (including phenoxy) is 1. The highest BCUT2D eigenvalue weighted by Gasteiger charge is 2.31. The molecule has 146 valence electrons. The normalized spacial score (nSPS) is 22.1. The third-order valence-corrected chi connectivity index (χ3v) is 5.99. The number of hydrogen-bond acceptors (Lipinski definition) is 4.